The van der Waals surface area contributed by atoms with Gasteiger partial charge < -0.3 is 20.2 Å². The SMILES string of the molecule is O=C(NCCCN1CCCC(CO)C1)N1CCC(c2ccccc2)CC1. The fraction of sp³-hybridized carbons (Fsp3) is 0.667. The minimum absolute atomic E-state index is 0.0865. The highest BCUT2D eigenvalue weighted by atomic mass is 16.3. The molecule has 1 unspecified atom stereocenters. The summed E-state index contributed by atoms with van der Waals surface area (Å²) >= 11 is 0. The second-order valence-corrected chi connectivity index (χ2v) is 7.75. The fourth-order valence-electron chi connectivity index (χ4n) is 4.25. The fourth-order valence-corrected chi connectivity index (χ4v) is 4.25. The standard InChI is InChI=1S/C21H33N3O2/c25-17-18-6-4-12-23(16-18)13-5-11-22-21(26)24-14-9-20(10-15-24)19-7-2-1-3-8-19/h1-3,7-8,18,20,25H,4-6,9-17H2,(H,22,26). The average Bonchev–Trinajstić information content (AvgIpc) is 2.72. The number of likely N-dealkylation sites (tertiary alicyclic amines) is 2. The first-order valence-electron chi connectivity index (χ1n) is 10.2. The van der Waals surface area contributed by atoms with Crippen LogP contribution in [0, 0.1) is 5.92 Å². The molecule has 0 aromatic heterocycles. The van der Waals surface area contributed by atoms with Crippen molar-refractivity contribution in [2.24, 2.45) is 5.92 Å². The van der Waals surface area contributed by atoms with E-state index in [1.54, 1.807) is 0 Å². The summed E-state index contributed by atoms with van der Waals surface area (Å²) in [6, 6.07) is 10.7. The van der Waals surface area contributed by atoms with Crippen LogP contribution in [0.3, 0.4) is 0 Å². The van der Waals surface area contributed by atoms with Gasteiger partial charge in [-0.25, -0.2) is 4.79 Å². The molecule has 2 fully saturated rings. The topological polar surface area (TPSA) is 55.8 Å². The molecule has 2 saturated heterocycles. The lowest BCUT2D eigenvalue weighted by Crippen LogP contribution is -2.45. The van der Waals surface area contributed by atoms with E-state index < -0.39 is 0 Å². The van der Waals surface area contributed by atoms with Crippen molar-refractivity contribution >= 4 is 6.03 Å². The number of carbonyl (C=O) groups is 1. The zero-order chi connectivity index (χ0) is 18.2. The summed E-state index contributed by atoms with van der Waals surface area (Å²) in [6.07, 6.45) is 5.39. The molecule has 2 N–H and O–H groups in total. The molecule has 2 aliphatic heterocycles. The van der Waals surface area contributed by atoms with Crippen molar-refractivity contribution < 1.29 is 9.90 Å². The van der Waals surface area contributed by atoms with Crippen molar-refractivity contribution in [3.05, 3.63) is 35.9 Å². The van der Waals surface area contributed by atoms with E-state index in [0.717, 1.165) is 65.0 Å². The van der Waals surface area contributed by atoms with Gasteiger partial charge in [-0.15, -0.1) is 0 Å². The van der Waals surface area contributed by atoms with Crippen LogP contribution < -0.4 is 5.32 Å². The van der Waals surface area contributed by atoms with E-state index in [2.05, 4.69) is 40.5 Å². The number of urea groups is 1. The predicted molar refractivity (Wildman–Crippen MR) is 104 cm³/mol. The maximum absolute atomic E-state index is 12.4. The molecule has 2 amide bonds. The Kier molecular flexibility index (Phi) is 7.32. The highest BCUT2D eigenvalue weighted by molar-refractivity contribution is 5.74. The molecule has 1 aromatic rings. The van der Waals surface area contributed by atoms with Gasteiger partial charge in [0.25, 0.3) is 0 Å². The van der Waals surface area contributed by atoms with Gasteiger partial charge in [-0.2, -0.15) is 0 Å². The molecule has 3 rings (SSSR count). The van der Waals surface area contributed by atoms with E-state index >= 15 is 0 Å². The first-order valence-corrected chi connectivity index (χ1v) is 10.2. The van der Waals surface area contributed by atoms with Gasteiger partial charge in [0.2, 0.25) is 0 Å². The smallest absolute Gasteiger partial charge is 0.317 e. The number of benzene rings is 1. The van der Waals surface area contributed by atoms with E-state index in [1.807, 2.05) is 4.90 Å². The van der Waals surface area contributed by atoms with Crippen LogP contribution in [0.5, 0.6) is 0 Å². The van der Waals surface area contributed by atoms with E-state index in [0.29, 0.717) is 18.4 Å². The summed E-state index contributed by atoms with van der Waals surface area (Å²) < 4.78 is 0. The van der Waals surface area contributed by atoms with E-state index in [1.165, 1.54) is 12.0 Å². The van der Waals surface area contributed by atoms with Crippen LogP contribution in [0.1, 0.15) is 43.6 Å². The number of aliphatic hydroxyl groups is 1. The zero-order valence-corrected chi connectivity index (χ0v) is 15.8. The lowest BCUT2D eigenvalue weighted by Gasteiger charge is -2.33. The van der Waals surface area contributed by atoms with Crippen LogP contribution in [-0.2, 0) is 0 Å². The first kappa shape index (κ1) is 19.2. The van der Waals surface area contributed by atoms with Crippen LogP contribution in [0.25, 0.3) is 0 Å². The normalized spacial score (nSPS) is 22.3. The zero-order valence-electron chi connectivity index (χ0n) is 15.8. The third-order valence-electron chi connectivity index (χ3n) is 5.84. The van der Waals surface area contributed by atoms with Crippen molar-refractivity contribution in [1.29, 1.82) is 0 Å². The molecule has 144 valence electrons. The number of nitrogens with zero attached hydrogens (tertiary/aromatic N) is 2. The van der Waals surface area contributed by atoms with Crippen LogP contribution in [0.4, 0.5) is 4.79 Å². The van der Waals surface area contributed by atoms with Crippen molar-refractivity contribution in [2.45, 2.75) is 38.0 Å². The van der Waals surface area contributed by atoms with Gasteiger partial charge in [-0.05, 0) is 62.6 Å². The molecule has 0 radical (unpaired) electrons. The number of piperidine rings is 2. The van der Waals surface area contributed by atoms with Crippen molar-refractivity contribution in [3.63, 3.8) is 0 Å². The molecule has 1 aromatic carbocycles. The number of amides is 2. The average molecular weight is 360 g/mol. The molecule has 2 aliphatic rings. The monoisotopic (exact) mass is 359 g/mol. The second kappa shape index (κ2) is 9.93. The van der Waals surface area contributed by atoms with Gasteiger partial charge in [-0.3, -0.25) is 0 Å². The number of nitrogens with one attached hydrogen (secondary N) is 1. The van der Waals surface area contributed by atoms with Crippen molar-refractivity contribution in [1.82, 2.24) is 15.1 Å². The quantitative estimate of drug-likeness (QED) is 0.768. The Morgan fingerprint density at radius 2 is 1.88 bits per heavy atom. The predicted octanol–water partition coefficient (Wildman–Crippen LogP) is 2.67. The number of carbonyl (C=O) groups excluding carboxylic acids is 1. The van der Waals surface area contributed by atoms with E-state index in [-0.39, 0.29) is 6.03 Å². The summed E-state index contributed by atoms with van der Waals surface area (Å²) in [5.74, 6) is 1.02. The number of hydrogen-bond donors (Lipinski definition) is 2. The third-order valence-corrected chi connectivity index (χ3v) is 5.84. The maximum Gasteiger partial charge on any atom is 0.317 e. The van der Waals surface area contributed by atoms with E-state index in [9.17, 15) is 9.90 Å². The molecule has 0 spiro atoms. The lowest BCUT2D eigenvalue weighted by atomic mass is 9.90. The third kappa shape index (κ3) is 5.45. The minimum Gasteiger partial charge on any atom is -0.396 e. The van der Waals surface area contributed by atoms with Gasteiger partial charge in [-0.1, -0.05) is 30.3 Å². The Hall–Kier alpha value is -1.59. The summed E-state index contributed by atoms with van der Waals surface area (Å²) in [5.41, 5.74) is 1.40. The summed E-state index contributed by atoms with van der Waals surface area (Å²) in [7, 11) is 0. The molecular formula is C21H33N3O2. The molecule has 0 aliphatic carbocycles. The second-order valence-electron chi connectivity index (χ2n) is 7.75. The summed E-state index contributed by atoms with van der Waals surface area (Å²) in [6.45, 7) is 5.84. The van der Waals surface area contributed by atoms with Gasteiger partial charge >= 0.3 is 6.03 Å². The Labute approximate surface area is 157 Å². The van der Waals surface area contributed by atoms with E-state index in [4.69, 9.17) is 0 Å². The molecule has 5 heteroatoms. The van der Waals surface area contributed by atoms with Crippen LogP contribution >= 0.6 is 0 Å². The van der Waals surface area contributed by atoms with Gasteiger partial charge in [0, 0.05) is 32.8 Å². The van der Waals surface area contributed by atoms with Crippen LogP contribution in [-0.4, -0.2) is 66.8 Å². The highest BCUT2D eigenvalue weighted by Crippen LogP contribution is 2.27. The molecule has 5 nitrogen and oxygen atoms in total. The minimum atomic E-state index is 0.0865. The largest absolute Gasteiger partial charge is 0.396 e. The van der Waals surface area contributed by atoms with Gasteiger partial charge in [0.15, 0.2) is 0 Å². The van der Waals surface area contributed by atoms with Crippen molar-refractivity contribution in [2.75, 3.05) is 45.9 Å². The van der Waals surface area contributed by atoms with Crippen LogP contribution in [0.15, 0.2) is 30.3 Å². The van der Waals surface area contributed by atoms with Crippen LogP contribution in [0.2, 0.25) is 0 Å². The number of hydrogen-bond acceptors (Lipinski definition) is 3. The Morgan fingerprint density at radius 1 is 1.12 bits per heavy atom. The van der Waals surface area contributed by atoms with Crippen molar-refractivity contribution in [3.8, 4) is 0 Å². The molecule has 1 atom stereocenters. The summed E-state index contributed by atoms with van der Waals surface area (Å²) in [5, 5.41) is 12.4. The Bertz CT molecular complexity index is 543. The molecule has 0 saturated carbocycles. The maximum atomic E-state index is 12.4. The molecule has 0 bridgehead atoms. The Morgan fingerprint density at radius 3 is 2.62 bits per heavy atom. The number of aliphatic hydroxyl groups excluding tert-OH is 1. The molecule has 2 heterocycles. The molecule has 26 heavy (non-hydrogen) atoms. The highest BCUT2D eigenvalue weighted by Gasteiger charge is 2.23. The van der Waals surface area contributed by atoms with Gasteiger partial charge in [0.1, 0.15) is 0 Å². The summed E-state index contributed by atoms with van der Waals surface area (Å²) in [4.78, 5) is 16.7. The first-order chi connectivity index (χ1) is 12.8. The van der Waals surface area contributed by atoms with Gasteiger partial charge in [0.05, 0.1) is 0 Å². The lowest BCUT2D eigenvalue weighted by molar-refractivity contribution is 0.119. The Balaban J connectivity index is 1.31. The molecular weight excluding hydrogens is 326 g/mol. The number of rotatable bonds is 6.